The molecule has 0 unspecified atom stereocenters. The van der Waals surface area contributed by atoms with Crippen molar-refractivity contribution in [1.82, 2.24) is 5.32 Å². The minimum absolute atomic E-state index is 0.0822. The van der Waals surface area contributed by atoms with Crippen molar-refractivity contribution in [3.63, 3.8) is 0 Å². The second kappa shape index (κ2) is 6.79. The second-order valence-corrected chi connectivity index (χ2v) is 4.77. The zero-order valence-electron chi connectivity index (χ0n) is 10.0. The van der Waals surface area contributed by atoms with Gasteiger partial charge in [-0.1, -0.05) is 0 Å². The van der Waals surface area contributed by atoms with Gasteiger partial charge >= 0.3 is 0 Å². The Balaban J connectivity index is 2.74. The Hall–Kier alpha value is -1.02. The van der Waals surface area contributed by atoms with Crippen molar-refractivity contribution in [3.05, 3.63) is 23.7 Å². The topological polar surface area (TPSA) is 103 Å². The van der Waals surface area contributed by atoms with Gasteiger partial charge in [0.05, 0.1) is 25.6 Å². The molecule has 1 heterocycles. The molecule has 0 atom stereocenters. The predicted octanol–water partition coefficient (Wildman–Crippen LogP) is -0.412. The standard InChI is InChI=1S/C11H17NO5S/c1-18-4-8-2-3-9(17-8)10(16)12-11(5-13,6-14)7-15/h2-3,13-15H,4-7H2,1H3,(H,12,16). The van der Waals surface area contributed by atoms with E-state index in [2.05, 4.69) is 5.32 Å². The molecule has 0 aliphatic heterocycles. The summed E-state index contributed by atoms with van der Waals surface area (Å²) in [7, 11) is 0. The van der Waals surface area contributed by atoms with Crippen molar-refractivity contribution in [2.75, 3.05) is 26.1 Å². The first kappa shape index (κ1) is 15.0. The van der Waals surface area contributed by atoms with Gasteiger partial charge in [-0.05, 0) is 18.4 Å². The van der Waals surface area contributed by atoms with Crippen LogP contribution in [0.15, 0.2) is 16.5 Å². The first-order chi connectivity index (χ1) is 8.60. The van der Waals surface area contributed by atoms with Crippen LogP contribution in [0.1, 0.15) is 16.3 Å². The van der Waals surface area contributed by atoms with E-state index in [1.165, 1.54) is 6.07 Å². The number of aliphatic hydroxyl groups is 3. The minimum Gasteiger partial charge on any atom is -0.455 e. The number of amides is 1. The maximum Gasteiger partial charge on any atom is 0.287 e. The monoisotopic (exact) mass is 275 g/mol. The fraction of sp³-hybridized carbons (Fsp3) is 0.545. The molecule has 1 amide bonds. The third kappa shape index (κ3) is 3.49. The van der Waals surface area contributed by atoms with Crippen molar-refractivity contribution in [3.8, 4) is 0 Å². The maximum atomic E-state index is 11.8. The number of carbonyl (C=O) groups excluding carboxylic acids is 1. The summed E-state index contributed by atoms with van der Waals surface area (Å²) in [4.78, 5) is 11.8. The highest BCUT2D eigenvalue weighted by atomic mass is 32.2. The van der Waals surface area contributed by atoms with Gasteiger partial charge < -0.3 is 25.1 Å². The van der Waals surface area contributed by atoms with Crippen LogP contribution >= 0.6 is 11.8 Å². The summed E-state index contributed by atoms with van der Waals surface area (Å²) in [6, 6.07) is 3.20. The molecular weight excluding hydrogens is 258 g/mol. The summed E-state index contributed by atoms with van der Waals surface area (Å²) in [5.74, 6) is 0.812. The van der Waals surface area contributed by atoms with Gasteiger partial charge in [-0.3, -0.25) is 4.79 Å². The quantitative estimate of drug-likeness (QED) is 0.539. The van der Waals surface area contributed by atoms with Crippen LogP contribution in [-0.2, 0) is 5.75 Å². The first-order valence-corrected chi connectivity index (χ1v) is 6.73. The lowest BCUT2D eigenvalue weighted by atomic mass is 10.0. The van der Waals surface area contributed by atoms with E-state index in [0.29, 0.717) is 11.5 Å². The minimum atomic E-state index is -1.44. The molecule has 4 N–H and O–H groups in total. The number of hydrogen-bond acceptors (Lipinski definition) is 6. The average molecular weight is 275 g/mol. The number of furan rings is 1. The van der Waals surface area contributed by atoms with Crippen LogP contribution in [-0.4, -0.2) is 52.8 Å². The lowest BCUT2D eigenvalue weighted by molar-refractivity contribution is 0.0363. The molecule has 102 valence electrons. The number of nitrogens with one attached hydrogen (secondary N) is 1. The molecule has 0 aliphatic rings. The molecule has 0 aliphatic carbocycles. The molecule has 0 fully saturated rings. The van der Waals surface area contributed by atoms with Gasteiger partial charge in [0.25, 0.3) is 5.91 Å². The van der Waals surface area contributed by atoms with Crippen LogP contribution in [0.3, 0.4) is 0 Å². The van der Waals surface area contributed by atoms with Gasteiger partial charge in [0, 0.05) is 0 Å². The highest BCUT2D eigenvalue weighted by molar-refractivity contribution is 7.97. The van der Waals surface area contributed by atoms with Gasteiger partial charge in [0.2, 0.25) is 0 Å². The predicted molar refractivity (Wildman–Crippen MR) is 67.4 cm³/mol. The summed E-state index contributed by atoms with van der Waals surface area (Å²) >= 11 is 1.56. The van der Waals surface area contributed by atoms with Gasteiger partial charge in [-0.15, -0.1) is 0 Å². The van der Waals surface area contributed by atoms with Crippen LogP contribution < -0.4 is 5.32 Å². The lowest BCUT2D eigenvalue weighted by Gasteiger charge is -2.28. The van der Waals surface area contributed by atoms with E-state index in [1.807, 2.05) is 6.26 Å². The van der Waals surface area contributed by atoms with E-state index in [-0.39, 0.29) is 5.76 Å². The number of hydrogen-bond donors (Lipinski definition) is 4. The first-order valence-electron chi connectivity index (χ1n) is 5.33. The Morgan fingerprint density at radius 3 is 2.44 bits per heavy atom. The summed E-state index contributed by atoms with van der Waals surface area (Å²) in [5, 5.41) is 29.6. The van der Waals surface area contributed by atoms with Crippen molar-refractivity contribution in [2.24, 2.45) is 0 Å². The van der Waals surface area contributed by atoms with E-state index in [4.69, 9.17) is 19.7 Å². The molecule has 7 heteroatoms. The average Bonchev–Trinajstić information content (AvgIpc) is 2.85. The number of aliphatic hydroxyl groups excluding tert-OH is 3. The highest BCUT2D eigenvalue weighted by Gasteiger charge is 2.31. The molecule has 0 bridgehead atoms. The van der Waals surface area contributed by atoms with Crippen LogP contribution in [0.25, 0.3) is 0 Å². The third-order valence-electron chi connectivity index (χ3n) is 2.46. The van der Waals surface area contributed by atoms with Crippen molar-refractivity contribution >= 4 is 17.7 Å². The second-order valence-electron chi connectivity index (χ2n) is 3.91. The van der Waals surface area contributed by atoms with E-state index in [1.54, 1.807) is 17.8 Å². The largest absolute Gasteiger partial charge is 0.455 e. The molecule has 0 spiro atoms. The van der Waals surface area contributed by atoms with Crippen LogP contribution in [0.4, 0.5) is 0 Å². The number of rotatable bonds is 7. The summed E-state index contributed by atoms with van der Waals surface area (Å²) < 4.78 is 5.29. The summed E-state index contributed by atoms with van der Waals surface area (Å²) in [5.41, 5.74) is -1.44. The number of carbonyl (C=O) groups is 1. The molecule has 18 heavy (non-hydrogen) atoms. The van der Waals surface area contributed by atoms with Gasteiger partial charge in [0.1, 0.15) is 11.3 Å². The van der Waals surface area contributed by atoms with Crippen LogP contribution in [0.2, 0.25) is 0 Å². The Labute approximate surface area is 109 Å². The third-order valence-corrected chi connectivity index (χ3v) is 3.03. The Bertz CT molecular complexity index is 380. The Kier molecular flexibility index (Phi) is 5.67. The van der Waals surface area contributed by atoms with Crippen molar-refractivity contribution in [2.45, 2.75) is 11.3 Å². The molecule has 1 aromatic heterocycles. The smallest absolute Gasteiger partial charge is 0.287 e. The van der Waals surface area contributed by atoms with Gasteiger partial charge in [-0.25, -0.2) is 0 Å². The van der Waals surface area contributed by atoms with E-state index in [9.17, 15) is 4.79 Å². The van der Waals surface area contributed by atoms with Crippen molar-refractivity contribution in [1.29, 1.82) is 0 Å². The molecule has 1 aromatic rings. The molecule has 6 nitrogen and oxygen atoms in total. The Morgan fingerprint density at radius 1 is 1.33 bits per heavy atom. The molecular formula is C11H17NO5S. The van der Waals surface area contributed by atoms with Gasteiger partial charge in [0.15, 0.2) is 5.76 Å². The SMILES string of the molecule is CSCc1ccc(C(=O)NC(CO)(CO)CO)o1. The Morgan fingerprint density at radius 2 is 1.94 bits per heavy atom. The molecule has 0 saturated carbocycles. The molecule has 0 radical (unpaired) electrons. The fourth-order valence-electron chi connectivity index (χ4n) is 1.29. The van der Waals surface area contributed by atoms with Crippen LogP contribution in [0, 0.1) is 0 Å². The lowest BCUT2D eigenvalue weighted by Crippen LogP contribution is -2.56. The van der Waals surface area contributed by atoms with E-state index < -0.39 is 31.3 Å². The molecule has 0 saturated heterocycles. The van der Waals surface area contributed by atoms with Crippen LogP contribution in [0.5, 0.6) is 0 Å². The zero-order valence-corrected chi connectivity index (χ0v) is 10.9. The molecule has 1 rings (SSSR count). The van der Waals surface area contributed by atoms with Gasteiger partial charge in [-0.2, -0.15) is 11.8 Å². The zero-order chi connectivity index (χ0) is 13.6. The summed E-state index contributed by atoms with van der Waals surface area (Å²) in [6.07, 6.45) is 1.91. The number of thioether (sulfide) groups is 1. The van der Waals surface area contributed by atoms with E-state index in [0.717, 1.165) is 0 Å². The highest BCUT2D eigenvalue weighted by Crippen LogP contribution is 2.14. The van der Waals surface area contributed by atoms with E-state index >= 15 is 0 Å². The fourth-order valence-corrected chi connectivity index (χ4v) is 1.73. The normalized spacial score (nSPS) is 11.6. The van der Waals surface area contributed by atoms with Crippen molar-refractivity contribution < 1.29 is 24.5 Å². The summed E-state index contributed by atoms with van der Waals surface area (Å²) in [6.45, 7) is -1.70. The molecule has 0 aromatic carbocycles. The maximum absolute atomic E-state index is 11.8.